The van der Waals surface area contributed by atoms with Crippen molar-refractivity contribution in [3.8, 4) is 11.3 Å². The van der Waals surface area contributed by atoms with Crippen molar-refractivity contribution in [1.29, 1.82) is 0 Å². The highest BCUT2D eigenvalue weighted by Crippen LogP contribution is 2.46. The SMILES string of the molecule is COC(=O)c1ccc2c(C3CCCCC3)c3n(c2c1)CC(C(=O)N1CCC2(CC1)OCCO2)=Cc1ccccc1-3. The summed E-state index contributed by atoms with van der Waals surface area (Å²) in [6, 6.07) is 14.3. The predicted octanol–water partition coefficient (Wildman–Crippen LogP) is 5.91. The minimum atomic E-state index is -0.524. The second-order valence-electron chi connectivity index (χ2n) is 11.6. The van der Waals surface area contributed by atoms with Gasteiger partial charge in [-0.2, -0.15) is 0 Å². The molecule has 208 valence electrons. The summed E-state index contributed by atoms with van der Waals surface area (Å²) in [5, 5.41) is 1.17. The Kier molecular flexibility index (Phi) is 6.51. The molecule has 7 rings (SSSR count). The van der Waals surface area contributed by atoms with Gasteiger partial charge in [0.1, 0.15) is 0 Å². The van der Waals surface area contributed by atoms with E-state index in [4.69, 9.17) is 14.2 Å². The van der Waals surface area contributed by atoms with Crippen LogP contribution in [0.1, 0.15) is 72.3 Å². The van der Waals surface area contributed by atoms with E-state index < -0.39 is 5.79 Å². The van der Waals surface area contributed by atoms with Crippen LogP contribution in [-0.2, 0) is 25.5 Å². The van der Waals surface area contributed by atoms with Gasteiger partial charge >= 0.3 is 5.97 Å². The number of hydrogen-bond donors (Lipinski definition) is 0. The topological polar surface area (TPSA) is 70.0 Å². The van der Waals surface area contributed by atoms with Gasteiger partial charge in [-0.05, 0) is 48.1 Å². The molecular weight excluding hydrogens is 504 g/mol. The van der Waals surface area contributed by atoms with Crippen molar-refractivity contribution in [2.75, 3.05) is 33.4 Å². The molecule has 0 radical (unpaired) electrons. The van der Waals surface area contributed by atoms with Crippen LogP contribution < -0.4 is 0 Å². The van der Waals surface area contributed by atoms with E-state index >= 15 is 0 Å². The van der Waals surface area contributed by atoms with Crippen LogP contribution in [0.15, 0.2) is 48.0 Å². The maximum absolute atomic E-state index is 14.1. The summed E-state index contributed by atoms with van der Waals surface area (Å²) in [4.78, 5) is 28.6. The molecule has 7 nitrogen and oxygen atoms in total. The zero-order valence-corrected chi connectivity index (χ0v) is 23.1. The van der Waals surface area contributed by atoms with Crippen molar-refractivity contribution in [2.45, 2.75) is 63.2 Å². The Morgan fingerprint density at radius 3 is 2.48 bits per heavy atom. The summed E-state index contributed by atoms with van der Waals surface area (Å²) in [6.45, 7) is 2.91. The fraction of sp³-hybridized carbons (Fsp3) is 0.455. The van der Waals surface area contributed by atoms with Crippen LogP contribution in [0.25, 0.3) is 28.2 Å². The van der Waals surface area contributed by atoms with Crippen molar-refractivity contribution in [3.63, 3.8) is 0 Å². The molecule has 2 aromatic carbocycles. The minimum absolute atomic E-state index is 0.0562. The predicted molar refractivity (Wildman–Crippen MR) is 153 cm³/mol. The van der Waals surface area contributed by atoms with Crippen LogP contribution in [-0.4, -0.2) is 60.5 Å². The first-order valence-corrected chi connectivity index (χ1v) is 14.7. The lowest BCUT2D eigenvalue weighted by atomic mass is 9.81. The fourth-order valence-electron chi connectivity index (χ4n) is 7.29. The first-order chi connectivity index (χ1) is 19.6. The number of benzene rings is 2. The van der Waals surface area contributed by atoms with Crippen LogP contribution in [0.2, 0.25) is 0 Å². The standard InChI is InChI=1S/C33H36N2O5/c1-38-32(37)24-11-12-27-28(20-24)35-21-25(31(36)34-15-13-33(14-16-34)39-17-18-40-33)19-23-9-5-6-10-26(23)30(35)29(27)22-7-3-2-4-8-22/h5-6,9-12,19-20,22H,2-4,7-8,13-18,21H2,1H3. The van der Waals surface area contributed by atoms with E-state index in [9.17, 15) is 9.59 Å². The molecule has 1 saturated carbocycles. The average Bonchev–Trinajstić information content (AvgIpc) is 3.54. The third-order valence-corrected chi connectivity index (χ3v) is 9.31. The molecular formula is C33H36N2O5. The number of nitrogens with zero attached hydrogens (tertiary/aromatic N) is 2. The molecule has 3 aromatic rings. The molecule has 0 N–H and O–H groups in total. The summed E-state index contributed by atoms with van der Waals surface area (Å²) in [5.41, 5.74) is 7.02. The van der Waals surface area contributed by atoms with E-state index in [1.54, 1.807) is 0 Å². The number of likely N-dealkylation sites (tertiary alicyclic amines) is 1. The Labute approximate surface area is 234 Å². The van der Waals surface area contributed by atoms with Gasteiger partial charge in [-0.3, -0.25) is 4.79 Å². The second kappa shape index (κ2) is 10.2. The summed E-state index contributed by atoms with van der Waals surface area (Å²) < 4.78 is 19.2. The maximum Gasteiger partial charge on any atom is 0.337 e. The summed E-state index contributed by atoms with van der Waals surface area (Å²) in [6.07, 6.45) is 9.51. The van der Waals surface area contributed by atoms with Crippen molar-refractivity contribution in [1.82, 2.24) is 9.47 Å². The highest BCUT2D eigenvalue weighted by molar-refractivity contribution is 6.03. The van der Waals surface area contributed by atoms with Gasteiger partial charge in [-0.15, -0.1) is 0 Å². The minimum Gasteiger partial charge on any atom is -0.465 e. The molecule has 4 aliphatic rings. The zero-order chi connectivity index (χ0) is 27.3. The number of carbonyl (C=O) groups excluding carboxylic acids is 2. The summed E-state index contributed by atoms with van der Waals surface area (Å²) >= 11 is 0. The number of ether oxygens (including phenoxy) is 3. The first-order valence-electron chi connectivity index (χ1n) is 14.7. The smallest absolute Gasteiger partial charge is 0.337 e. The molecule has 40 heavy (non-hydrogen) atoms. The number of esters is 1. The fourth-order valence-corrected chi connectivity index (χ4v) is 7.29. The third kappa shape index (κ3) is 4.27. The lowest BCUT2D eigenvalue weighted by Gasteiger charge is -2.37. The van der Waals surface area contributed by atoms with Gasteiger partial charge in [0.25, 0.3) is 5.91 Å². The third-order valence-electron chi connectivity index (χ3n) is 9.31. The molecule has 1 aliphatic carbocycles. The number of amides is 1. The first kappa shape index (κ1) is 25.5. The monoisotopic (exact) mass is 540 g/mol. The normalized spacial score (nSPS) is 20.6. The highest BCUT2D eigenvalue weighted by atomic mass is 16.7. The van der Waals surface area contributed by atoms with Crippen LogP contribution in [0.3, 0.4) is 0 Å². The largest absolute Gasteiger partial charge is 0.465 e. The molecule has 3 aliphatic heterocycles. The van der Waals surface area contributed by atoms with Gasteiger partial charge < -0.3 is 23.7 Å². The number of hydrogen-bond acceptors (Lipinski definition) is 5. The average molecular weight is 541 g/mol. The van der Waals surface area contributed by atoms with Gasteiger partial charge in [0.2, 0.25) is 0 Å². The van der Waals surface area contributed by atoms with Gasteiger partial charge in [0, 0.05) is 48.0 Å². The zero-order valence-electron chi connectivity index (χ0n) is 23.1. The summed E-state index contributed by atoms with van der Waals surface area (Å²) in [5.74, 6) is -0.368. The van der Waals surface area contributed by atoms with Crippen LogP contribution in [0.4, 0.5) is 0 Å². The molecule has 3 fully saturated rings. The molecule has 1 spiro atoms. The Hall–Kier alpha value is -3.42. The molecule has 4 heterocycles. The van der Waals surface area contributed by atoms with E-state index in [1.165, 1.54) is 43.0 Å². The Morgan fingerprint density at radius 2 is 1.73 bits per heavy atom. The van der Waals surface area contributed by atoms with E-state index in [2.05, 4.69) is 34.9 Å². The van der Waals surface area contributed by atoms with Crippen LogP contribution in [0, 0.1) is 0 Å². The van der Waals surface area contributed by atoms with Crippen molar-refractivity contribution in [3.05, 3.63) is 64.7 Å². The lowest BCUT2D eigenvalue weighted by Crippen LogP contribution is -2.47. The van der Waals surface area contributed by atoms with E-state index in [0.29, 0.717) is 57.2 Å². The van der Waals surface area contributed by atoms with Gasteiger partial charge in [-0.1, -0.05) is 49.6 Å². The molecule has 0 bridgehead atoms. The van der Waals surface area contributed by atoms with Gasteiger partial charge in [0.05, 0.1) is 38.1 Å². The van der Waals surface area contributed by atoms with Crippen LogP contribution in [0.5, 0.6) is 0 Å². The van der Waals surface area contributed by atoms with Gasteiger partial charge in [-0.25, -0.2) is 4.79 Å². The number of rotatable bonds is 3. The molecule has 1 amide bonds. The molecule has 1 aromatic heterocycles. The maximum atomic E-state index is 14.1. The summed E-state index contributed by atoms with van der Waals surface area (Å²) in [7, 11) is 1.42. The number of carbonyl (C=O) groups is 2. The van der Waals surface area contributed by atoms with Gasteiger partial charge in [0.15, 0.2) is 5.79 Å². The molecule has 0 atom stereocenters. The molecule has 2 saturated heterocycles. The number of fused-ring (bicyclic) bond motifs is 5. The van der Waals surface area contributed by atoms with E-state index in [-0.39, 0.29) is 11.9 Å². The van der Waals surface area contributed by atoms with Crippen molar-refractivity contribution < 1.29 is 23.8 Å². The van der Waals surface area contributed by atoms with E-state index in [0.717, 1.165) is 35.1 Å². The highest BCUT2D eigenvalue weighted by Gasteiger charge is 2.41. The Bertz CT molecular complexity index is 1500. The Morgan fingerprint density at radius 1 is 0.975 bits per heavy atom. The lowest BCUT2D eigenvalue weighted by molar-refractivity contribution is -0.186. The van der Waals surface area contributed by atoms with Crippen LogP contribution >= 0.6 is 0 Å². The second-order valence-corrected chi connectivity index (χ2v) is 11.6. The molecule has 0 unspecified atom stereocenters. The van der Waals surface area contributed by atoms with Crippen molar-refractivity contribution >= 4 is 28.9 Å². The van der Waals surface area contributed by atoms with Crippen molar-refractivity contribution in [2.24, 2.45) is 0 Å². The Balaban J connectivity index is 1.35. The number of methoxy groups -OCH3 is 1. The molecule has 7 heteroatoms. The number of aromatic nitrogens is 1. The van der Waals surface area contributed by atoms with E-state index in [1.807, 2.05) is 23.1 Å². The number of piperidine rings is 1. The quantitative estimate of drug-likeness (QED) is 0.387.